The fraction of sp³-hybridized carbons (Fsp3) is 0.643. The molecule has 18 heavy (non-hydrogen) atoms. The van der Waals surface area contributed by atoms with E-state index in [4.69, 9.17) is 0 Å². The van der Waals surface area contributed by atoms with Crippen molar-refractivity contribution in [3.05, 3.63) is 24.0 Å². The van der Waals surface area contributed by atoms with Crippen LogP contribution in [0.4, 0.5) is 4.79 Å². The van der Waals surface area contributed by atoms with E-state index in [0.29, 0.717) is 18.0 Å². The minimum absolute atomic E-state index is 0.00880. The van der Waals surface area contributed by atoms with Gasteiger partial charge >= 0.3 is 6.03 Å². The third-order valence-corrected chi connectivity index (χ3v) is 4.44. The molecule has 4 rings (SSSR count). The van der Waals surface area contributed by atoms with Gasteiger partial charge in [0.25, 0.3) is 0 Å². The van der Waals surface area contributed by atoms with Crippen molar-refractivity contribution in [3.63, 3.8) is 0 Å². The number of amides is 1. The molecule has 0 radical (unpaired) electrons. The lowest BCUT2D eigenvalue weighted by atomic mass is 9.80. The molecule has 2 bridgehead atoms. The summed E-state index contributed by atoms with van der Waals surface area (Å²) in [6.45, 7) is 6.50. The lowest BCUT2D eigenvalue weighted by Gasteiger charge is -2.48. The Morgan fingerprint density at radius 1 is 1.50 bits per heavy atom. The van der Waals surface area contributed by atoms with Gasteiger partial charge in [-0.05, 0) is 50.8 Å². The van der Waals surface area contributed by atoms with Crippen LogP contribution in [0.3, 0.4) is 0 Å². The number of nitrogens with one attached hydrogen (secondary N) is 1. The maximum absolute atomic E-state index is 12.1. The second kappa shape index (κ2) is 4.43. The first-order valence-electron chi connectivity index (χ1n) is 6.83. The Balaban J connectivity index is 1.65. The van der Waals surface area contributed by atoms with Gasteiger partial charge in [0.2, 0.25) is 0 Å². The summed E-state index contributed by atoms with van der Waals surface area (Å²) in [6, 6.07) is 2.98. The number of hydrogen-bond donors (Lipinski definition) is 1. The average Bonchev–Trinajstić information content (AvgIpc) is 2.77. The van der Waals surface area contributed by atoms with Crippen molar-refractivity contribution in [2.24, 2.45) is 5.92 Å². The van der Waals surface area contributed by atoms with Crippen molar-refractivity contribution in [1.82, 2.24) is 14.8 Å². The summed E-state index contributed by atoms with van der Waals surface area (Å²) in [5.74, 6) is 0.658. The summed E-state index contributed by atoms with van der Waals surface area (Å²) in [4.78, 5) is 14.6. The van der Waals surface area contributed by atoms with Gasteiger partial charge in [-0.2, -0.15) is 0 Å². The maximum Gasteiger partial charge on any atom is 0.325 e. The number of piperidine rings is 3. The van der Waals surface area contributed by atoms with Crippen LogP contribution in [0.5, 0.6) is 0 Å². The van der Waals surface area contributed by atoms with Crippen molar-refractivity contribution in [2.75, 3.05) is 13.1 Å². The predicted octanol–water partition coefficient (Wildman–Crippen LogP) is 1.84. The molecule has 4 heterocycles. The highest BCUT2D eigenvalue weighted by Crippen LogP contribution is 2.31. The van der Waals surface area contributed by atoms with Crippen LogP contribution in [0, 0.1) is 12.8 Å². The standard InChI is InChI=1S/C14H21N3O/c1-10-3-5-17(8-10)14(18)15-13-9-16-6-4-12(13)7-11(16)2/h3,5,8,11-13H,4,6-7,9H2,1-2H3,(H,15,18)/t11?,12?,13-/m0/s1. The van der Waals surface area contributed by atoms with Gasteiger partial charge in [-0.1, -0.05) is 0 Å². The lowest BCUT2D eigenvalue weighted by Crippen LogP contribution is -2.60. The van der Waals surface area contributed by atoms with Gasteiger partial charge in [0, 0.05) is 31.0 Å². The minimum atomic E-state index is 0.00880. The van der Waals surface area contributed by atoms with E-state index in [1.807, 2.05) is 25.4 Å². The molecule has 0 saturated carbocycles. The Kier molecular flexibility index (Phi) is 2.90. The van der Waals surface area contributed by atoms with E-state index in [0.717, 1.165) is 12.1 Å². The molecule has 4 nitrogen and oxygen atoms in total. The van der Waals surface area contributed by atoms with E-state index in [2.05, 4.69) is 17.1 Å². The fourth-order valence-corrected chi connectivity index (χ4v) is 3.32. The van der Waals surface area contributed by atoms with Crippen molar-refractivity contribution in [3.8, 4) is 0 Å². The Hall–Kier alpha value is -1.29. The molecule has 3 aliphatic heterocycles. The van der Waals surface area contributed by atoms with E-state index in [9.17, 15) is 4.79 Å². The first kappa shape index (κ1) is 11.8. The third kappa shape index (κ3) is 2.05. The molecule has 3 aliphatic rings. The molecule has 3 saturated heterocycles. The maximum atomic E-state index is 12.1. The Bertz CT molecular complexity index is 454. The van der Waals surface area contributed by atoms with Crippen LogP contribution in [0.2, 0.25) is 0 Å². The molecular formula is C14H21N3O. The largest absolute Gasteiger partial charge is 0.333 e. The number of rotatable bonds is 1. The summed E-state index contributed by atoms with van der Waals surface area (Å²) in [5, 5.41) is 3.18. The minimum Gasteiger partial charge on any atom is -0.333 e. The van der Waals surface area contributed by atoms with Crippen LogP contribution in [-0.2, 0) is 0 Å². The van der Waals surface area contributed by atoms with Crippen LogP contribution in [0.25, 0.3) is 0 Å². The summed E-state index contributed by atoms with van der Waals surface area (Å²) in [5.41, 5.74) is 1.12. The second-order valence-corrected chi connectivity index (χ2v) is 5.78. The molecule has 98 valence electrons. The summed E-state index contributed by atoms with van der Waals surface area (Å²) < 4.78 is 1.65. The molecule has 4 heteroatoms. The van der Waals surface area contributed by atoms with Gasteiger partial charge in [-0.25, -0.2) is 4.79 Å². The number of aryl methyl sites for hydroxylation is 1. The third-order valence-electron chi connectivity index (χ3n) is 4.44. The molecule has 1 aromatic rings. The molecule has 3 fully saturated rings. The van der Waals surface area contributed by atoms with E-state index in [1.54, 1.807) is 4.57 Å². The number of aromatic nitrogens is 1. The number of nitrogens with zero attached hydrogens (tertiary/aromatic N) is 2. The molecule has 1 aromatic heterocycles. The van der Waals surface area contributed by atoms with E-state index >= 15 is 0 Å². The van der Waals surface area contributed by atoms with Crippen molar-refractivity contribution in [1.29, 1.82) is 0 Å². The van der Waals surface area contributed by atoms with Crippen molar-refractivity contribution >= 4 is 6.03 Å². The number of carbonyl (C=O) groups excluding carboxylic acids is 1. The van der Waals surface area contributed by atoms with E-state index < -0.39 is 0 Å². The number of carbonyl (C=O) groups is 1. The first-order chi connectivity index (χ1) is 8.63. The van der Waals surface area contributed by atoms with Crippen LogP contribution in [0.15, 0.2) is 18.5 Å². The second-order valence-electron chi connectivity index (χ2n) is 5.78. The monoisotopic (exact) mass is 247 g/mol. The topological polar surface area (TPSA) is 37.3 Å². The van der Waals surface area contributed by atoms with Crippen LogP contribution < -0.4 is 5.32 Å². The molecule has 1 N–H and O–H groups in total. The van der Waals surface area contributed by atoms with Crippen LogP contribution in [-0.4, -0.2) is 40.7 Å². The molecule has 3 unspecified atom stereocenters. The van der Waals surface area contributed by atoms with Crippen LogP contribution in [0.1, 0.15) is 25.3 Å². The predicted molar refractivity (Wildman–Crippen MR) is 70.6 cm³/mol. The zero-order valence-electron chi connectivity index (χ0n) is 11.1. The van der Waals surface area contributed by atoms with Gasteiger partial charge in [0.1, 0.15) is 0 Å². The smallest absolute Gasteiger partial charge is 0.325 e. The normalized spacial score (nSPS) is 34.6. The fourth-order valence-electron chi connectivity index (χ4n) is 3.32. The number of hydrogen-bond acceptors (Lipinski definition) is 2. The highest BCUT2D eigenvalue weighted by molar-refractivity contribution is 5.77. The van der Waals surface area contributed by atoms with Gasteiger partial charge in [-0.3, -0.25) is 9.47 Å². The average molecular weight is 247 g/mol. The Morgan fingerprint density at radius 3 is 2.89 bits per heavy atom. The van der Waals surface area contributed by atoms with Crippen molar-refractivity contribution < 1.29 is 4.79 Å². The molecular weight excluding hydrogens is 226 g/mol. The van der Waals surface area contributed by atoms with Gasteiger partial charge in [-0.15, -0.1) is 0 Å². The van der Waals surface area contributed by atoms with Gasteiger partial charge in [0.15, 0.2) is 0 Å². The first-order valence-corrected chi connectivity index (χ1v) is 6.83. The Morgan fingerprint density at radius 2 is 2.33 bits per heavy atom. The van der Waals surface area contributed by atoms with Crippen LogP contribution >= 0.6 is 0 Å². The molecule has 4 atom stereocenters. The highest BCUT2D eigenvalue weighted by Gasteiger charge is 2.38. The zero-order valence-corrected chi connectivity index (χ0v) is 11.1. The quantitative estimate of drug-likeness (QED) is 0.822. The van der Waals surface area contributed by atoms with Gasteiger partial charge in [0.05, 0.1) is 0 Å². The molecule has 0 spiro atoms. The molecule has 1 amide bonds. The summed E-state index contributed by atoms with van der Waals surface area (Å²) in [7, 11) is 0. The molecule has 0 aliphatic carbocycles. The van der Waals surface area contributed by atoms with E-state index in [1.165, 1.54) is 19.4 Å². The van der Waals surface area contributed by atoms with E-state index in [-0.39, 0.29) is 6.03 Å². The van der Waals surface area contributed by atoms with Crippen molar-refractivity contribution in [2.45, 2.75) is 38.8 Å². The summed E-state index contributed by atoms with van der Waals surface area (Å²) >= 11 is 0. The highest BCUT2D eigenvalue weighted by atomic mass is 16.2. The molecule has 0 aromatic carbocycles. The Labute approximate surface area is 108 Å². The lowest BCUT2D eigenvalue weighted by molar-refractivity contribution is 0.0322. The van der Waals surface area contributed by atoms with Gasteiger partial charge < -0.3 is 5.32 Å². The SMILES string of the molecule is Cc1ccn(C(=O)N[C@H]2CN3CCC2CC3C)c1. The number of fused-ring (bicyclic) bond motifs is 3. The summed E-state index contributed by atoms with van der Waals surface area (Å²) in [6.07, 6.45) is 6.14. The zero-order chi connectivity index (χ0) is 12.7.